The summed E-state index contributed by atoms with van der Waals surface area (Å²) in [4.78, 5) is 12.4. The number of rotatable bonds is 5. The van der Waals surface area contributed by atoms with E-state index < -0.39 is 0 Å². The van der Waals surface area contributed by atoms with Crippen molar-refractivity contribution in [3.8, 4) is 0 Å². The first-order valence-corrected chi connectivity index (χ1v) is 8.71. The first-order chi connectivity index (χ1) is 9.70. The van der Waals surface area contributed by atoms with Crippen LogP contribution in [0, 0.1) is 17.8 Å². The Labute approximate surface area is 124 Å². The van der Waals surface area contributed by atoms with Gasteiger partial charge in [-0.3, -0.25) is 4.79 Å². The van der Waals surface area contributed by atoms with Crippen LogP contribution in [0.15, 0.2) is 0 Å². The molecule has 0 aromatic carbocycles. The highest BCUT2D eigenvalue weighted by Gasteiger charge is 2.28. The second kappa shape index (κ2) is 8.02. The van der Waals surface area contributed by atoms with Crippen LogP contribution in [0.3, 0.4) is 0 Å². The van der Waals surface area contributed by atoms with E-state index in [1.54, 1.807) is 0 Å². The van der Waals surface area contributed by atoms with Gasteiger partial charge < -0.3 is 11.1 Å². The van der Waals surface area contributed by atoms with Crippen molar-refractivity contribution in [3.05, 3.63) is 0 Å². The van der Waals surface area contributed by atoms with Crippen molar-refractivity contribution in [3.63, 3.8) is 0 Å². The molecule has 0 bridgehead atoms. The predicted molar refractivity (Wildman–Crippen MR) is 83.3 cm³/mol. The summed E-state index contributed by atoms with van der Waals surface area (Å²) in [6.07, 6.45) is 12.6. The Bertz CT molecular complexity index is 299. The highest BCUT2D eigenvalue weighted by molar-refractivity contribution is 5.78. The van der Waals surface area contributed by atoms with Crippen LogP contribution >= 0.6 is 0 Å². The van der Waals surface area contributed by atoms with Crippen LogP contribution in [-0.4, -0.2) is 18.5 Å². The minimum atomic E-state index is 0.165. The molecule has 2 saturated carbocycles. The maximum Gasteiger partial charge on any atom is 0.223 e. The molecule has 3 N–H and O–H groups in total. The van der Waals surface area contributed by atoms with Gasteiger partial charge in [0.1, 0.15) is 0 Å². The molecule has 0 aliphatic heterocycles. The van der Waals surface area contributed by atoms with E-state index in [1.807, 2.05) is 0 Å². The normalized spacial score (nSPS) is 29.9. The molecule has 20 heavy (non-hydrogen) atoms. The van der Waals surface area contributed by atoms with E-state index in [0.29, 0.717) is 18.5 Å². The zero-order valence-corrected chi connectivity index (χ0v) is 13.1. The van der Waals surface area contributed by atoms with Gasteiger partial charge in [0.15, 0.2) is 0 Å². The van der Waals surface area contributed by atoms with Crippen molar-refractivity contribution >= 4 is 5.91 Å². The first kappa shape index (κ1) is 15.8. The Balaban J connectivity index is 1.77. The molecule has 2 aliphatic carbocycles. The van der Waals surface area contributed by atoms with Crippen molar-refractivity contribution in [2.45, 2.75) is 77.2 Å². The van der Waals surface area contributed by atoms with Crippen LogP contribution < -0.4 is 11.1 Å². The van der Waals surface area contributed by atoms with E-state index in [2.05, 4.69) is 12.2 Å². The van der Waals surface area contributed by atoms with Gasteiger partial charge in [0.05, 0.1) is 0 Å². The predicted octanol–water partition coefficient (Wildman–Crippen LogP) is 3.23. The molecule has 0 aromatic rings. The van der Waals surface area contributed by atoms with Gasteiger partial charge in [-0.1, -0.05) is 51.9 Å². The number of carbonyl (C=O) groups is 1. The molecular formula is C17H32N2O. The summed E-state index contributed by atoms with van der Waals surface area (Å²) in [5.41, 5.74) is 5.84. The van der Waals surface area contributed by atoms with Gasteiger partial charge in [0.25, 0.3) is 0 Å². The van der Waals surface area contributed by atoms with Crippen LogP contribution in [0.2, 0.25) is 0 Å². The number of carbonyl (C=O) groups excluding carboxylic acids is 1. The standard InChI is InChI=1S/C17H32N2O/c1-13(11-14-7-3-2-4-8-14)17(20)19-16-10-6-5-9-15(16)12-18/h13-16H,2-12,18H2,1H3,(H,19,20). The van der Waals surface area contributed by atoms with Crippen LogP contribution in [0.25, 0.3) is 0 Å². The quantitative estimate of drug-likeness (QED) is 0.812. The summed E-state index contributed by atoms with van der Waals surface area (Å²) in [5.74, 6) is 1.70. The summed E-state index contributed by atoms with van der Waals surface area (Å²) >= 11 is 0. The van der Waals surface area contributed by atoms with Crippen molar-refractivity contribution in [1.29, 1.82) is 0 Å². The number of nitrogens with one attached hydrogen (secondary N) is 1. The highest BCUT2D eigenvalue weighted by atomic mass is 16.1. The van der Waals surface area contributed by atoms with E-state index in [1.165, 1.54) is 51.4 Å². The lowest BCUT2D eigenvalue weighted by Crippen LogP contribution is -2.46. The average Bonchev–Trinajstić information content (AvgIpc) is 2.48. The van der Waals surface area contributed by atoms with E-state index in [0.717, 1.165) is 18.8 Å². The van der Waals surface area contributed by atoms with Gasteiger partial charge in [-0.05, 0) is 37.6 Å². The fourth-order valence-corrected chi connectivity index (χ4v) is 4.03. The SMILES string of the molecule is CC(CC1CCCCC1)C(=O)NC1CCCCC1CN. The smallest absolute Gasteiger partial charge is 0.223 e. The molecule has 0 heterocycles. The topological polar surface area (TPSA) is 55.1 Å². The minimum Gasteiger partial charge on any atom is -0.353 e. The van der Waals surface area contributed by atoms with Crippen LogP contribution in [0.5, 0.6) is 0 Å². The monoisotopic (exact) mass is 280 g/mol. The molecule has 0 radical (unpaired) electrons. The van der Waals surface area contributed by atoms with Crippen LogP contribution in [0.4, 0.5) is 0 Å². The van der Waals surface area contributed by atoms with Gasteiger partial charge in [-0.15, -0.1) is 0 Å². The van der Waals surface area contributed by atoms with Gasteiger partial charge in [0.2, 0.25) is 5.91 Å². The van der Waals surface area contributed by atoms with Crippen molar-refractivity contribution in [2.75, 3.05) is 6.54 Å². The Morgan fingerprint density at radius 2 is 1.75 bits per heavy atom. The third kappa shape index (κ3) is 4.47. The molecule has 3 heteroatoms. The first-order valence-electron chi connectivity index (χ1n) is 8.71. The fraction of sp³-hybridized carbons (Fsp3) is 0.941. The maximum absolute atomic E-state index is 12.4. The van der Waals surface area contributed by atoms with Gasteiger partial charge in [-0.2, -0.15) is 0 Å². The molecular weight excluding hydrogens is 248 g/mol. The van der Waals surface area contributed by atoms with Crippen molar-refractivity contribution in [1.82, 2.24) is 5.32 Å². The zero-order valence-electron chi connectivity index (χ0n) is 13.1. The Morgan fingerprint density at radius 3 is 2.45 bits per heavy atom. The van der Waals surface area contributed by atoms with Crippen molar-refractivity contribution < 1.29 is 4.79 Å². The molecule has 2 aliphatic rings. The second-order valence-corrected chi connectivity index (χ2v) is 7.04. The third-order valence-electron chi connectivity index (χ3n) is 5.40. The Hall–Kier alpha value is -0.570. The van der Waals surface area contributed by atoms with E-state index in [-0.39, 0.29) is 11.8 Å². The molecule has 0 aromatic heterocycles. The largest absolute Gasteiger partial charge is 0.353 e. The lowest BCUT2D eigenvalue weighted by molar-refractivity contribution is -0.126. The molecule has 0 saturated heterocycles. The average molecular weight is 280 g/mol. The minimum absolute atomic E-state index is 0.165. The highest BCUT2D eigenvalue weighted by Crippen LogP contribution is 2.29. The lowest BCUT2D eigenvalue weighted by Gasteiger charge is -2.32. The molecule has 3 atom stereocenters. The van der Waals surface area contributed by atoms with Gasteiger partial charge in [-0.25, -0.2) is 0 Å². The third-order valence-corrected chi connectivity index (χ3v) is 5.40. The molecule has 116 valence electrons. The second-order valence-electron chi connectivity index (χ2n) is 7.04. The summed E-state index contributed by atoms with van der Waals surface area (Å²) in [6.45, 7) is 2.81. The summed E-state index contributed by atoms with van der Waals surface area (Å²) in [6, 6.07) is 0.329. The molecule has 0 spiro atoms. The van der Waals surface area contributed by atoms with Crippen LogP contribution in [-0.2, 0) is 4.79 Å². The van der Waals surface area contributed by atoms with E-state index in [4.69, 9.17) is 5.73 Å². The number of hydrogen-bond donors (Lipinski definition) is 2. The lowest BCUT2D eigenvalue weighted by atomic mass is 9.82. The zero-order chi connectivity index (χ0) is 14.4. The Morgan fingerprint density at radius 1 is 1.10 bits per heavy atom. The number of amides is 1. The molecule has 2 rings (SSSR count). The molecule has 3 nitrogen and oxygen atoms in total. The number of hydrogen-bond acceptors (Lipinski definition) is 2. The fourth-order valence-electron chi connectivity index (χ4n) is 4.03. The van der Waals surface area contributed by atoms with Crippen molar-refractivity contribution in [2.24, 2.45) is 23.5 Å². The molecule has 1 amide bonds. The summed E-state index contributed by atoms with van der Waals surface area (Å²) < 4.78 is 0. The van der Waals surface area contributed by atoms with E-state index in [9.17, 15) is 4.79 Å². The summed E-state index contributed by atoms with van der Waals surface area (Å²) in [7, 11) is 0. The maximum atomic E-state index is 12.4. The van der Waals surface area contributed by atoms with Gasteiger partial charge >= 0.3 is 0 Å². The van der Waals surface area contributed by atoms with Gasteiger partial charge in [0, 0.05) is 12.0 Å². The molecule has 3 unspecified atom stereocenters. The van der Waals surface area contributed by atoms with Crippen LogP contribution in [0.1, 0.15) is 71.1 Å². The molecule has 2 fully saturated rings. The number of nitrogens with two attached hydrogens (primary N) is 1. The van der Waals surface area contributed by atoms with E-state index >= 15 is 0 Å². The summed E-state index contributed by atoms with van der Waals surface area (Å²) in [5, 5.41) is 3.29. The Kier molecular flexibility index (Phi) is 6.34.